The summed E-state index contributed by atoms with van der Waals surface area (Å²) in [7, 11) is 1.50. The number of methoxy groups -OCH3 is 1. The van der Waals surface area contributed by atoms with Crippen LogP contribution in [0.25, 0.3) is 0 Å². The molecule has 2 amide bonds. The lowest BCUT2D eigenvalue weighted by atomic mass is 9.97. The van der Waals surface area contributed by atoms with Crippen LogP contribution in [0.5, 0.6) is 5.75 Å². The highest BCUT2D eigenvalue weighted by Crippen LogP contribution is 2.45. The molecule has 2 aromatic rings. The van der Waals surface area contributed by atoms with Gasteiger partial charge in [0.25, 0.3) is 0 Å². The van der Waals surface area contributed by atoms with Crippen molar-refractivity contribution in [2.75, 3.05) is 33.4 Å². The Labute approximate surface area is 241 Å². The number of amides is 2. The van der Waals surface area contributed by atoms with Gasteiger partial charge in [-0.2, -0.15) is 0 Å². The van der Waals surface area contributed by atoms with E-state index in [4.69, 9.17) is 15.9 Å². The molecular formula is C32H40FN3O5. The van der Waals surface area contributed by atoms with Crippen LogP contribution < -0.4 is 20.7 Å². The number of nitrogens with one attached hydrogen (secondary N) is 3. The smallest absolute Gasteiger partial charge is 0.225 e. The van der Waals surface area contributed by atoms with E-state index < -0.39 is 23.9 Å². The Hall–Kier alpha value is -3.45. The van der Waals surface area contributed by atoms with E-state index in [0.717, 1.165) is 24.0 Å². The van der Waals surface area contributed by atoms with Crippen molar-refractivity contribution < 1.29 is 28.6 Å². The number of fused-ring (bicyclic) bond motifs is 2. The molecule has 4 rings (SSSR count). The Morgan fingerprint density at radius 3 is 2.83 bits per heavy atom. The molecular weight excluding hydrogens is 525 g/mol. The molecule has 3 unspecified atom stereocenters. The van der Waals surface area contributed by atoms with Gasteiger partial charge in [-0.3, -0.25) is 9.59 Å². The lowest BCUT2D eigenvalue weighted by Gasteiger charge is -2.29. The van der Waals surface area contributed by atoms with Gasteiger partial charge >= 0.3 is 0 Å². The van der Waals surface area contributed by atoms with E-state index in [1.54, 1.807) is 6.07 Å². The van der Waals surface area contributed by atoms with Crippen molar-refractivity contribution in [3.63, 3.8) is 0 Å². The van der Waals surface area contributed by atoms with Gasteiger partial charge in [-0.25, -0.2) is 4.39 Å². The minimum atomic E-state index is -0.992. The zero-order valence-corrected chi connectivity index (χ0v) is 23.6. The average Bonchev–Trinajstić information content (AvgIpc) is 3.76. The highest BCUT2D eigenvalue weighted by Gasteiger charge is 2.44. The fourth-order valence-corrected chi connectivity index (χ4v) is 5.23. The molecule has 1 heterocycles. The minimum absolute atomic E-state index is 0.132. The molecule has 0 aromatic heterocycles. The van der Waals surface area contributed by atoms with Crippen molar-refractivity contribution in [1.82, 2.24) is 16.0 Å². The van der Waals surface area contributed by atoms with E-state index in [0.29, 0.717) is 43.7 Å². The number of aliphatic hydroxyl groups excluding tert-OH is 1. The van der Waals surface area contributed by atoms with Crippen LogP contribution in [0.1, 0.15) is 55.2 Å². The summed E-state index contributed by atoms with van der Waals surface area (Å²) in [5.74, 6) is 1.54. The average molecular weight is 566 g/mol. The van der Waals surface area contributed by atoms with Crippen molar-refractivity contribution >= 4 is 11.8 Å². The summed E-state index contributed by atoms with van der Waals surface area (Å²) in [4.78, 5) is 25.7. The molecule has 1 fully saturated rings. The summed E-state index contributed by atoms with van der Waals surface area (Å²) in [6, 6.07) is 11.5. The number of carbonyl (C=O) groups excluding carboxylic acids is 2. The monoisotopic (exact) mass is 565 g/mol. The molecule has 4 N–H and O–H groups in total. The van der Waals surface area contributed by atoms with Crippen molar-refractivity contribution in [2.45, 2.75) is 62.6 Å². The molecule has 1 aliphatic heterocycles. The van der Waals surface area contributed by atoms with Gasteiger partial charge in [0.15, 0.2) is 0 Å². The van der Waals surface area contributed by atoms with Gasteiger partial charge in [0.2, 0.25) is 11.8 Å². The van der Waals surface area contributed by atoms with Gasteiger partial charge in [0, 0.05) is 43.8 Å². The Kier molecular flexibility index (Phi) is 10.7. The Balaban J connectivity index is 1.54. The fraction of sp³-hybridized carbons (Fsp3) is 0.500. The van der Waals surface area contributed by atoms with Gasteiger partial charge in [-0.15, -0.1) is 6.42 Å². The maximum Gasteiger partial charge on any atom is 0.225 e. The zero-order chi connectivity index (χ0) is 29.2. The molecule has 2 bridgehead atoms. The first-order chi connectivity index (χ1) is 19.8. The fourth-order valence-electron chi connectivity index (χ4n) is 5.23. The first-order valence-electron chi connectivity index (χ1n) is 14.3. The third kappa shape index (κ3) is 8.77. The predicted octanol–water partition coefficient (Wildman–Crippen LogP) is 2.81. The van der Waals surface area contributed by atoms with Gasteiger partial charge in [0.05, 0.1) is 31.3 Å². The van der Waals surface area contributed by atoms with E-state index in [1.165, 1.54) is 19.2 Å². The van der Waals surface area contributed by atoms with Crippen molar-refractivity contribution in [1.29, 1.82) is 0 Å². The highest BCUT2D eigenvalue weighted by molar-refractivity contribution is 5.81. The van der Waals surface area contributed by atoms with Crippen LogP contribution in [0, 0.1) is 24.1 Å². The molecule has 2 aromatic carbocycles. The molecule has 0 spiro atoms. The van der Waals surface area contributed by atoms with E-state index in [2.05, 4.69) is 21.9 Å². The topological polar surface area (TPSA) is 109 Å². The Morgan fingerprint density at radius 1 is 1.24 bits per heavy atom. The quantitative estimate of drug-likeness (QED) is 0.385. The predicted molar refractivity (Wildman–Crippen MR) is 154 cm³/mol. The van der Waals surface area contributed by atoms with Crippen LogP contribution in [-0.2, 0) is 26.3 Å². The lowest BCUT2D eigenvalue weighted by molar-refractivity contribution is -0.129. The lowest BCUT2D eigenvalue weighted by Crippen LogP contribution is -2.52. The third-order valence-corrected chi connectivity index (χ3v) is 7.78. The summed E-state index contributed by atoms with van der Waals surface area (Å²) in [6.45, 7) is 1.20. The van der Waals surface area contributed by atoms with Crippen molar-refractivity contribution in [3.8, 4) is 18.1 Å². The molecule has 2 aliphatic rings. The Morgan fingerprint density at radius 2 is 2.07 bits per heavy atom. The van der Waals surface area contributed by atoms with E-state index in [-0.39, 0.29) is 43.3 Å². The largest absolute Gasteiger partial charge is 0.493 e. The molecule has 220 valence electrons. The number of ether oxygens (including phenoxy) is 2. The first kappa shape index (κ1) is 30.5. The van der Waals surface area contributed by atoms with E-state index >= 15 is 0 Å². The zero-order valence-electron chi connectivity index (χ0n) is 23.6. The second kappa shape index (κ2) is 14.4. The van der Waals surface area contributed by atoms with Crippen LogP contribution in [0.4, 0.5) is 4.39 Å². The van der Waals surface area contributed by atoms with Crippen LogP contribution in [0.15, 0.2) is 42.5 Å². The summed E-state index contributed by atoms with van der Waals surface area (Å²) < 4.78 is 25.6. The second-order valence-electron chi connectivity index (χ2n) is 11.0. The molecule has 8 nitrogen and oxygen atoms in total. The van der Waals surface area contributed by atoms with Gasteiger partial charge in [-0.05, 0) is 73.9 Å². The standard InChI is InChI=1S/C32H40FN3O5/c1-3-22-7-6-8-25(15-22)32(11-12-32)35-20-29(37)28-18-23-16-26(33)19-27(17-23)41-14-5-4-13-34-30(38)10-9-24(21-40-2)31(39)36-28/h1,6-8,15-17,19,24,28-29,35,37H,4-5,9-14,18,20-21H2,2H3,(H,34,38)(H,36,39). The summed E-state index contributed by atoms with van der Waals surface area (Å²) in [6.07, 6.45) is 8.46. The maximum atomic E-state index is 14.5. The number of benzene rings is 2. The van der Waals surface area contributed by atoms with Gasteiger partial charge in [-0.1, -0.05) is 18.1 Å². The molecule has 3 atom stereocenters. The highest BCUT2D eigenvalue weighted by atomic mass is 19.1. The summed E-state index contributed by atoms with van der Waals surface area (Å²) in [5, 5.41) is 20.7. The van der Waals surface area contributed by atoms with Gasteiger partial charge in [0.1, 0.15) is 11.6 Å². The van der Waals surface area contributed by atoms with Crippen LogP contribution in [0.3, 0.4) is 0 Å². The van der Waals surface area contributed by atoms with Crippen molar-refractivity contribution in [2.24, 2.45) is 5.92 Å². The third-order valence-electron chi connectivity index (χ3n) is 7.78. The number of carbonyl (C=O) groups is 2. The van der Waals surface area contributed by atoms with Crippen LogP contribution >= 0.6 is 0 Å². The maximum absolute atomic E-state index is 14.5. The molecule has 0 radical (unpaired) electrons. The number of halogens is 1. The van der Waals surface area contributed by atoms with Crippen LogP contribution in [-0.4, -0.2) is 62.5 Å². The number of aliphatic hydroxyl groups is 1. The normalized spacial score (nSPS) is 22.3. The number of terminal acetylenes is 1. The Bertz CT molecular complexity index is 1240. The van der Waals surface area contributed by atoms with Crippen LogP contribution in [0.2, 0.25) is 0 Å². The molecule has 9 heteroatoms. The van der Waals surface area contributed by atoms with E-state index in [1.807, 2.05) is 24.3 Å². The molecule has 1 aliphatic carbocycles. The number of hydrogen-bond donors (Lipinski definition) is 4. The number of hydrogen-bond acceptors (Lipinski definition) is 6. The molecule has 41 heavy (non-hydrogen) atoms. The molecule has 0 saturated heterocycles. The second-order valence-corrected chi connectivity index (χ2v) is 11.0. The first-order valence-corrected chi connectivity index (χ1v) is 14.3. The van der Waals surface area contributed by atoms with Crippen molar-refractivity contribution in [3.05, 3.63) is 65.0 Å². The van der Waals surface area contributed by atoms with E-state index in [9.17, 15) is 19.1 Å². The summed E-state index contributed by atoms with van der Waals surface area (Å²) >= 11 is 0. The SMILES string of the molecule is C#Cc1cccc(C2(NCC(O)C3Cc4cc(F)cc(c4)OCCCCNC(=O)CCC(COC)C(=O)N3)CC2)c1. The number of rotatable bonds is 7. The minimum Gasteiger partial charge on any atom is -0.493 e. The molecule has 1 saturated carbocycles. The van der Waals surface area contributed by atoms with Gasteiger partial charge < -0.3 is 30.5 Å². The summed E-state index contributed by atoms with van der Waals surface area (Å²) in [5.41, 5.74) is 2.15.